The van der Waals surface area contributed by atoms with E-state index >= 15 is 0 Å². The summed E-state index contributed by atoms with van der Waals surface area (Å²) in [4.78, 5) is 35.8. The maximum absolute atomic E-state index is 12.2. The van der Waals surface area contributed by atoms with Crippen molar-refractivity contribution < 1.29 is 14.4 Å². The van der Waals surface area contributed by atoms with Crippen LogP contribution in [0, 0.1) is 3.57 Å². The van der Waals surface area contributed by atoms with Gasteiger partial charge in [0.05, 0.1) is 18.2 Å². The Kier molecular flexibility index (Phi) is 6.10. The normalized spacial score (nSPS) is 13.9. The van der Waals surface area contributed by atoms with E-state index in [1.165, 1.54) is 0 Å². The zero-order valence-electron chi connectivity index (χ0n) is 14.8. The van der Waals surface area contributed by atoms with E-state index < -0.39 is 0 Å². The number of hydrogen-bond donors (Lipinski definition) is 3. The SMILES string of the molecule is CC(NC(=O)CNC(=O)c1ccccc1I)c1ccc2c(c1)CCC(=O)N2. The molecule has 0 aromatic heterocycles. The van der Waals surface area contributed by atoms with Gasteiger partial charge in [0.2, 0.25) is 11.8 Å². The Bertz CT molecular complexity index is 898. The molecule has 1 atom stereocenters. The van der Waals surface area contributed by atoms with Gasteiger partial charge in [0.1, 0.15) is 0 Å². The molecule has 0 saturated carbocycles. The first-order valence-electron chi connectivity index (χ1n) is 8.69. The fourth-order valence-corrected chi connectivity index (χ4v) is 3.58. The number of rotatable bonds is 5. The first-order chi connectivity index (χ1) is 12.9. The van der Waals surface area contributed by atoms with Crippen molar-refractivity contribution in [3.63, 3.8) is 0 Å². The Labute approximate surface area is 171 Å². The van der Waals surface area contributed by atoms with Gasteiger partial charge in [0.15, 0.2) is 0 Å². The number of halogens is 1. The average molecular weight is 477 g/mol. The quantitative estimate of drug-likeness (QED) is 0.579. The molecular formula is C20H20IN3O3. The van der Waals surface area contributed by atoms with E-state index in [2.05, 4.69) is 38.5 Å². The van der Waals surface area contributed by atoms with Crippen LogP contribution in [0.25, 0.3) is 0 Å². The van der Waals surface area contributed by atoms with Gasteiger partial charge >= 0.3 is 0 Å². The van der Waals surface area contributed by atoms with Gasteiger partial charge in [-0.3, -0.25) is 14.4 Å². The first-order valence-corrected chi connectivity index (χ1v) is 9.76. The third kappa shape index (κ3) is 4.85. The molecule has 3 N–H and O–H groups in total. The van der Waals surface area contributed by atoms with E-state index in [9.17, 15) is 14.4 Å². The highest BCUT2D eigenvalue weighted by Crippen LogP contribution is 2.26. The predicted octanol–water partition coefficient (Wildman–Crippen LogP) is 2.78. The Morgan fingerprint density at radius 3 is 2.74 bits per heavy atom. The molecule has 140 valence electrons. The fourth-order valence-electron chi connectivity index (χ4n) is 2.95. The molecule has 3 rings (SSSR count). The van der Waals surface area contributed by atoms with Gasteiger partial charge in [-0.2, -0.15) is 0 Å². The Hall–Kier alpha value is -2.42. The summed E-state index contributed by atoms with van der Waals surface area (Å²) in [5.41, 5.74) is 3.41. The Balaban J connectivity index is 1.56. The molecule has 0 bridgehead atoms. The summed E-state index contributed by atoms with van der Waals surface area (Å²) in [6.45, 7) is 1.80. The van der Waals surface area contributed by atoms with Crippen LogP contribution >= 0.6 is 22.6 Å². The van der Waals surface area contributed by atoms with Crippen LogP contribution in [0.2, 0.25) is 0 Å². The number of anilines is 1. The number of hydrogen-bond acceptors (Lipinski definition) is 3. The number of carbonyl (C=O) groups excluding carboxylic acids is 3. The van der Waals surface area contributed by atoms with Crippen LogP contribution in [0.5, 0.6) is 0 Å². The summed E-state index contributed by atoms with van der Waals surface area (Å²) >= 11 is 2.09. The van der Waals surface area contributed by atoms with Gasteiger partial charge in [0, 0.05) is 15.7 Å². The minimum atomic E-state index is -0.271. The summed E-state index contributed by atoms with van der Waals surface area (Å²) in [5, 5.41) is 8.38. The molecule has 0 aliphatic carbocycles. The van der Waals surface area contributed by atoms with Crippen molar-refractivity contribution in [2.75, 3.05) is 11.9 Å². The van der Waals surface area contributed by atoms with E-state index in [0.29, 0.717) is 18.4 Å². The number of fused-ring (bicyclic) bond motifs is 1. The molecule has 6 nitrogen and oxygen atoms in total. The molecule has 27 heavy (non-hydrogen) atoms. The number of benzene rings is 2. The largest absolute Gasteiger partial charge is 0.348 e. The number of carbonyl (C=O) groups is 3. The van der Waals surface area contributed by atoms with Crippen LogP contribution in [-0.2, 0) is 16.0 Å². The first kappa shape index (κ1) is 19.3. The Morgan fingerprint density at radius 1 is 1.19 bits per heavy atom. The lowest BCUT2D eigenvalue weighted by molar-refractivity contribution is -0.120. The van der Waals surface area contributed by atoms with Crippen molar-refractivity contribution in [2.45, 2.75) is 25.8 Å². The van der Waals surface area contributed by atoms with Gasteiger partial charge in [0.25, 0.3) is 5.91 Å². The van der Waals surface area contributed by atoms with E-state index in [4.69, 9.17) is 0 Å². The lowest BCUT2D eigenvalue weighted by Gasteiger charge is -2.20. The Morgan fingerprint density at radius 2 is 1.96 bits per heavy atom. The maximum atomic E-state index is 12.2. The maximum Gasteiger partial charge on any atom is 0.252 e. The number of aryl methyl sites for hydroxylation is 1. The topological polar surface area (TPSA) is 87.3 Å². The lowest BCUT2D eigenvalue weighted by Crippen LogP contribution is -2.38. The summed E-state index contributed by atoms with van der Waals surface area (Å²) in [5.74, 6) is -0.499. The highest BCUT2D eigenvalue weighted by atomic mass is 127. The van der Waals surface area contributed by atoms with Crippen LogP contribution < -0.4 is 16.0 Å². The van der Waals surface area contributed by atoms with E-state index in [1.54, 1.807) is 12.1 Å². The van der Waals surface area contributed by atoms with Crippen LogP contribution in [-0.4, -0.2) is 24.3 Å². The molecule has 0 saturated heterocycles. The summed E-state index contributed by atoms with van der Waals surface area (Å²) < 4.78 is 0.836. The monoisotopic (exact) mass is 477 g/mol. The molecule has 0 radical (unpaired) electrons. The van der Waals surface area contributed by atoms with Crippen molar-refractivity contribution in [1.29, 1.82) is 0 Å². The van der Waals surface area contributed by atoms with E-state index in [1.807, 2.05) is 37.3 Å². The highest BCUT2D eigenvalue weighted by molar-refractivity contribution is 14.1. The second kappa shape index (κ2) is 8.51. The van der Waals surface area contributed by atoms with Gasteiger partial charge in [-0.05, 0) is 65.3 Å². The molecule has 2 aromatic rings. The van der Waals surface area contributed by atoms with Gasteiger partial charge < -0.3 is 16.0 Å². The summed E-state index contributed by atoms with van der Waals surface area (Å²) in [6, 6.07) is 12.8. The molecule has 1 aliphatic rings. The molecule has 0 spiro atoms. The third-order valence-electron chi connectivity index (χ3n) is 4.43. The van der Waals surface area contributed by atoms with Gasteiger partial charge in [-0.1, -0.05) is 24.3 Å². The van der Waals surface area contributed by atoms with Crippen LogP contribution in [0.15, 0.2) is 42.5 Å². The molecule has 1 aliphatic heterocycles. The third-order valence-corrected chi connectivity index (χ3v) is 5.37. The molecule has 1 unspecified atom stereocenters. The molecule has 2 aromatic carbocycles. The van der Waals surface area contributed by atoms with Crippen molar-refractivity contribution in [2.24, 2.45) is 0 Å². The number of amides is 3. The van der Waals surface area contributed by atoms with E-state index in [-0.39, 0.29) is 30.3 Å². The average Bonchev–Trinajstić information content (AvgIpc) is 2.66. The fraction of sp³-hybridized carbons (Fsp3) is 0.250. The van der Waals surface area contributed by atoms with Gasteiger partial charge in [-0.25, -0.2) is 0 Å². The zero-order chi connectivity index (χ0) is 19.4. The highest BCUT2D eigenvalue weighted by Gasteiger charge is 2.17. The summed E-state index contributed by atoms with van der Waals surface area (Å²) in [7, 11) is 0. The second-order valence-electron chi connectivity index (χ2n) is 6.42. The zero-order valence-corrected chi connectivity index (χ0v) is 17.0. The standard InChI is InChI=1S/C20H20IN3O3/c1-12(13-6-8-17-14(10-13)7-9-18(25)24-17)23-19(26)11-22-20(27)15-4-2-3-5-16(15)21/h2-6,8,10,12H,7,9,11H2,1H3,(H,22,27)(H,23,26)(H,24,25). The van der Waals surface area contributed by atoms with Crippen molar-refractivity contribution in [3.8, 4) is 0 Å². The smallest absolute Gasteiger partial charge is 0.252 e. The molecular weight excluding hydrogens is 457 g/mol. The molecule has 0 fully saturated rings. The summed E-state index contributed by atoms with van der Waals surface area (Å²) in [6.07, 6.45) is 1.17. The van der Waals surface area contributed by atoms with Crippen LogP contribution in [0.1, 0.15) is 40.9 Å². The van der Waals surface area contributed by atoms with Gasteiger partial charge in [-0.15, -0.1) is 0 Å². The second-order valence-corrected chi connectivity index (χ2v) is 7.58. The predicted molar refractivity (Wildman–Crippen MR) is 111 cm³/mol. The van der Waals surface area contributed by atoms with Crippen molar-refractivity contribution in [1.82, 2.24) is 10.6 Å². The van der Waals surface area contributed by atoms with Crippen LogP contribution in [0.3, 0.4) is 0 Å². The van der Waals surface area contributed by atoms with Crippen LogP contribution in [0.4, 0.5) is 5.69 Å². The number of nitrogens with one attached hydrogen (secondary N) is 3. The van der Waals surface area contributed by atoms with E-state index in [0.717, 1.165) is 20.4 Å². The molecule has 7 heteroatoms. The lowest BCUT2D eigenvalue weighted by atomic mass is 9.98. The van der Waals surface area contributed by atoms with Crippen molar-refractivity contribution in [3.05, 3.63) is 62.7 Å². The molecule has 3 amide bonds. The minimum Gasteiger partial charge on any atom is -0.348 e. The van der Waals surface area contributed by atoms with Crippen molar-refractivity contribution >= 4 is 46.0 Å². The minimum absolute atomic E-state index is 0.0282. The molecule has 1 heterocycles.